The summed E-state index contributed by atoms with van der Waals surface area (Å²) in [6.45, 7) is 6.26. The van der Waals surface area contributed by atoms with E-state index < -0.39 is 11.9 Å². The molecule has 0 unspecified atom stereocenters. The van der Waals surface area contributed by atoms with Crippen molar-refractivity contribution in [2.45, 2.75) is 32.9 Å². The topological polar surface area (TPSA) is 83.6 Å². The Morgan fingerprint density at radius 3 is 2.42 bits per heavy atom. The molecule has 0 aliphatic heterocycles. The number of hydrogen-bond acceptors (Lipinski definition) is 3. The zero-order valence-corrected chi connectivity index (χ0v) is 11.5. The van der Waals surface area contributed by atoms with Crippen LogP contribution in [0.25, 0.3) is 0 Å². The number of carbonyl (C=O) groups excluding carboxylic acids is 1. The first-order valence-electron chi connectivity index (χ1n) is 6.06. The minimum atomic E-state index is -0.874. The average molecular weight is 264 g/mol. The number of primary amides is 1. The second kappa shape index (κ2) is 5.84. The number of carboxylic acid groups (broad SMARTS) is 1. The molecule has 0 atom stereocenters. The molecule has 0 bridgehead atoms. The number of rotatable bonds is 5. The molecule has 3 N–H and O–H groups in total. The monoisotopic (exact) mass is 264 g/mol. The van der Waals surface area contributed by atoms with Gasteiger partial charge in [0.15, 0.2) is 0 Å². The molecule has 1 aromatic rings. The highest BCUT2D eigenvalue weighted by Gasteiger charge is 2.23. The Morgan fingerprint density at radius 2 is 1.95 bits per heavy atom. The quantitative estimate of drug-likeness (QED) is 0.843. The van der Waals surface area contributed by atoms with Gasteiger partial charge in [0.2, 0.25) is 5.91 Å². The van der Waals surface area contributed by atoms with E-state index in [2.05, 4.69) is 0 Å². The molecule has 5 heteroatoms. The van der Waals surface area contributed by atoms with Crippen LogP contribution in [0.4, 0.5) is 0 Å². The molecule has 0 saturated carbocycles. The maximum absolute atomic E-state index is 11.1. The smallest absolute Gasteiger partial charge is 0.317 e. The Morgan fingerprint density at radius 1 is 1.32 bits per heavy atom. The van der Waals surface area contributed by atoms with Crippen molar-refractivity contribution in [2.75, 3.05) is 6.54 Å². The molecule has 19 heavy (non-hydrogen) atoms. The van der Waals surface area contributed by atoms with Gasteiger partial charge in [-0.25, -0.2) is 0 Å². The molecule has 0 radical (unpaired) electrons. The SMILES string of the molecule is CC(C)(C)N(CC(=O)O)Cc1cccc(C(N)=O)c1. The molecule has 5 nitrogen and oxygen atoms in total. The maximum Gasteiger partial charge on any atom is 0.317 e. The van der Waals surface area contributed by atoms with Crippen molar-refractivity contribution in [1.82, 2.24) is 4.90 Å². The van der Waals surface area contributed by atoms with E-state index in [0.717, 1.165) is 5.56 Å². The van der Waals surface area contributed by atoms with Gasteiger partial charge in [0.25, 0.3) is 0 Å². The lowest BCUT2D eigenvalue weighted by Gasteiger charge is -2.34. The fourth-order valence-electron chi connectivity index (χ4n) is 1.74. The first-order chi connectivity index (χ1) is 8.70. The molecule has 0 aliphatic rings. The average Bonchev–Trinajstić information content (AvgIpc) is 2.26. The van der Waals surface area contributed by atoms with Gasteiger partial charge in [-0.1, -0.05) is 12.1 Å². The highest BCUT2D eigenvalue weighted by Crippen LogP contribution is 2.17. The van der Waals surface area contributed by atoms with Crippen molar-refractivity contribution >= 4 is 11.9 Å². The fourth-order valence-corrected chi connectivity index (χ4v) is 1.74. The van der Waals surface area contributed by atoms with Crippen LogP contribution in [0.15, 0.2) is 24.3 Å². The van der Waals surface area contributed by atoms with E-state index in [-0.39, 0.29) is 12.1 Å². The van der Waals surface area contributed by atoms with Crippen LogP contribution in [0.2, 0.25) is 0 Å². The summed E-state index contributed by atoms with van der Waals surface area (Å²) in [5.74, 6) is -1.36. The van der Waals surface area contributed by atoms with Gasteiger partial charge in [-0.05, 0) is 38.5 Å². The van der Waals surface area contributed by atoms with Gasteiger partial charge in [-0.3, -0.25) is 14.5 Å². The maximum atomic E-state index is 11.1. The summed E-state index contributed by atoms with van der Waals surface area (Å²) in [4.78, 5) is 23.9. The predicted molar refractivity (Wildman–Crippen MR) is 72.8 cm³/mol. The number of nitrogens with two attached hydrogens (primary N) is 1. The lowest BCUT2D eigenvalue weighted by Crippen LogP contribution is -2.43. The van der Waals surface area contributed by atoms with E-state index in [1.807, 2.05) is 31.7 Å². The Balaban J connectivity index is 2.93. The van der Waals surface area contributed by atoms with Crippen LogP contribution in [0.1, 0.15) is 36.7 Å². The van der Waals surface area contributed by atoms with E-state index >= 15 is 0 Å². The number of benzene rings is 1. The zero-order chi connectivity index (χ0) is 14.6. The normalized spacial score (nSPS) is 11.6. The molecule has 1 amide bonds. The number of amides is 1. The molecule has 0 fully saturated rings. The van der Waals surface area contributed by atoms with Crippen molar-refractivity contribution < 1.29 is 14.7 Å². The minimum Gasteiger partial charge on any atom is -0.480 e. The highest BCUT2D eigenvalue weighted by atomic mass is 16.4. The first kappa shape index (κ1) is 15.2. The third-order valence-electron chi connectivity index (χ3n) is 2.86. The van der Waals surface area contributed by atoms with E-state index in [4.69, 9.17) is 10.8 Å². The second-order valence-electron chi connectivity index (χ2n) is 5.49. The summed E-state index contributed by atoms with van der Waals surface area (Å²) in [6.07, 6.45) is 0. The van der Waals surface area contributed by atoms with Gasteiger partial charge in [0.1, 0.15) is 0 Å². The van der Waals surface area contributed by atoms with E-state index in [1.165, 1.54) is 0 Å². The van der Waals surface area contributed by atoms with E-state index in [9.17, 15) is 9.59 Å². The summed E-state index contributed by atoms with van der Waals surface area (Å²) in [5.41, 5.74) is 6.26. The zero-order valence-electron chi connectivity index (χ0n) is 11.5. The van der Waals surface area contributed by atoms with Crippen molar-refractivity contribution in [2.24, 2.45) is 5.73 Å². The van der Waals surface area contributed by atoms with Crippen LogP contribution >= 0.6 is 0 Å². The standard InChI is InChI=1S/C14H20N2O3/c1-14(2,3)16(9-12(17)18)8-10-5-4-6-11(7-10)13(15)19/h4-7H,8-9H2,1-3H3,(H2,15,19)(H,17,18). The number of hydrogen-bond donors (Lipinski definition) is 2. The molecule has 0 heterocycles. The van der Waals surface area contributed by atoms with Gasteiger partial charge in [0, 0.05) is 17.6 Å². The Kier molecular flexibility index (Phi) is 4.67. The summed E-state index contributed by atoms with van der Waals surface area (Å²) in [5, 5.41) is 8.95. The molecule has 0 saturated heterocycles. The van der Waals surface area contributed by atoms with Crippen molar-refractivity contribution in [1.29, 1.82) is 0 Å². The molecule has 0 spiro atoms. The Bertz CT molecular complexity index is 478. The fraction of sp³-hybridized carbons (Fsp3) is 0.429. The van der Waals surface area contributed by atoms with Crippen LogP contribution < -0.4 is 5.73 Å². The summed E-state index contributed by atoms with van der Waals surface area (Å²) in [7, 11) is 0. The van der Waals surface area contributed by atoms with E-state index in [1.54, 1.807) is 18.2 Å². The number of aliphatic carboxylic acids is 1. The molecule has 0 aromatic heterocycles. The van der Waals surface area contributed by atoms with Gasteiger partial charge >= 0.3 is 5.97 Å². The molecular formula is C14H20N2O3. The lowest BCUT2D eigenvalue weighted by molar-refractivity contribution is -0.139. The molecule has 104 valence electrons. The van der Waals surface area contributed by atoms with Crippen molar-refractivity contribution in [3.05, 3.63) is 35.4 Å². The summed E-state index contributed by atoms with van der Waals surface area (Å²) in [6, 6.07) is 6.94. The molecular weight excluding hydrogens is 244 g/mol. The summed E-state index contributed by atoms with van der Waals surface area (Å²) < 4.78 is 0. The van der Waals surface area contributed by atoms with Gasteiger partial charge < -0.3 is 10.8 Å². The first-order valence-corrected chi connectivity index (χ1v) is 6.06. The molecule has 1 aromatic carbocycles. The number of carbonyl (C=O) groups is 2. The van der Waals surface area contributed by atoms with Gasteiger partial charge in [-0.2, -0.15) is 0 Å². The predicted octanol–water partition coefficient (Wildman–Crippen LogP) is 1.47. The molecule has 1 rings (SSSR count). The summed E-state index contributed by atoms with van der Waals surface area (Å²) >= 11 is 0. The van der Waals surface area contributed by atoms with E-state index in [0.29, 0.717) is 12.1 Å². The minimum absolute atomic E-state index is 0.0513. The molecule has 0 aliphatic carbocycles. The number of carboxylic acids is 1. The third-order valence-corrected chi connectivity index (χ3v) is 2.86. The van der Waals surface area contributed by atoms with Crippen LogP contribution in [0.3, 0.4) is 0 Å². The number of nitrogens with zero attached hydrogens (tertiary/aromatic N) is 1. The lowest BCUT2D eigenvalue weighted by atomic mass is 10.0. The van der Waals surface area contributed by atoms with Crippen LogP contribution in [0.5, 0.6) is 0 Å². The van der Waals surface area contributed by atoms with Crippen LogP contribution in [0, 0.1) is 0 Å². The highest BCUT2D eigenvalue weighted by molar-refractivity contribution is 5.92. The van der Waals surface area contributed by atoms with Crippen molar-refractivity contribution in [3.63, 3.8) is 0 Å². The van der Waals surface area contributed by atoms with Gasteiger partial charge in [0.05, 0.1) is 6.54 Å². The Labute approximate surface area is 113 Å². The van der Waals surface area contributed by atoms with Gasteiger partial charge in [-0.15, -0.1) is 0 Å². The van der Waals surface area contributed by atoms with Crippen molar-refractivity contribution in [3.8, 4) is 0 Å². The van der Waals surface area contributed by atoms with Crippen LogP contribution in [-0.4, -0.2) is 34.0 Å². The second-order valence-corrected chi connectivity index (χ2v) is 5.49. The largest absolute Gasteiger partial charge is 0.480 e. The Hall–Kier alpha value is -1.88. The van der Waals surface area contributed by atoms with Crippen LogP contribution in [-0.2, 0) is 11.3 Å². The third kappa shape index (κ3) is 4.71.